The van der Waals surface area contributed by atoms with Crippen LogP contribution in [-0.4, -0.2) is 34.1 Å². The van der Waals surface area contributed by atoms with E-state index < -0.39 is 6.10 Å². The second-order valence-electron chi connectivity index (χ2n) is 4.25. The monoisotopic (exact) mass is 225 g/mol. The molecule has 1 rings (SSSR count). The molecule has 1 heterocycles. The highest BCUT2D eigenvalue weighted by Crippen LogP contribution is 1.89. The van der Waals surface area contributed by atoms with Crippen molar-refractivity contribution in [1.82, 2.24) is 15.1 Å². The summed E-state index contributed by atoms with van der Waals surface area (Å²) in [6.45, 7) is 5.76. The zero-order chi connectivity index (χ0) is 12.0. The molecule has 90 valence electrons. The maximum Gasteiger partial charge on any atom is 0.266 e. The third-order valence-electron chi connectivity index (χ3n) is 2.10. The van der Waals surface area contributed by atoms with E-state index in [0.29, 0.717) is 12.5 Å². The summed E-state index contributed by atoms with van der Waals surface area (Å²) in [7, 11) is 0. The Labute approximate surface area is 95.1 Å². The Morgan fingerprint density at radius 2 is 2.25 bits per heavy atom. The molecule has 1 aromatic rings. The maximum atomic E-state index is 11.3. The predicted octanol–water partition coefficient (Wildman–Crippen LogP) is -0.150. The van der Waals surface area contributed by atoms with Crippen molar-refractivity contribution >= 4 is 0 Å². The van der Waals surface area contributed by atoms with Gasteiger partial charge in [0.15, 0.2) is 0 Å². The standard InChI is InChI=1S/C11H19N3O2/c1-9(2)6-12-7-10(15)8-14-11(16)4-3-5-13-14/h3-5,9-10,12,15H,6-8H2,1-2H3. The Bertz CT molecular complexity index is 362. The maximum absolute atomic E-state index is 11.3. The topological polar surface area (TPSA) is 67.2 Å². The molecule has 0 spiro atoms. The molecule has 0 aliphatic carbocycles. The van der Waals surface area contributed by atoms with Crippen molar-refractivity contribution in [1.29, 1.82) is 0 Å². The van der Waals surface area contributed by atoms with Gasteiger partial charge < -0.3 is 10.4 Å². The molecule has 0 aromatic carbocycles. The van der Waals surface area contributed by atoms with Gasteiger partial charge in [-0.25, -0.2) is 4.68 Å². The van der Waals surface area contributed by atoms with Crippen molar-refractivity contribution in [2.45, 2.75) is 26.5 Å². The normalized spacial score (nSPS) is 13.0. The molecule has 0 saturated carbocycles. The Morgan fingerprint density at radius 3 is 2.88 bits per heavy atom. The van der Waals surface area contributed by atoms with Gasteiger partial charge in [-0.3, -0.25) is 4.79 Å². The van der Waals surface area contributed by atoms with E-state index >= 15 is 0 Å². The fraction of sp³-hybridized carbons (Fsp3) is 0.636. The zero-order valence-corrected chi connectivity index (χ0v) is 9.76. The van der Waals surface area contributed by atoms with Crippen molar-refractivity contribution < 1.29 is 5.11 Å². The first-order valence-corrected chi connectivity index (χ1v) is 5.50. The molecule has 1 atom stereocenters. The van der Waals surface area contributed by atoms with Crippen LogP contribution in [0.3, 0.4) is 0 Å². The van der Waals surface area contributed by atoms with Gasteiger partial charge in [0, 0.05) is 18.8 Å². The van der Waals surface area contributed by atoms with E-state index in [2.05, 4.69) is 24.3 Å². The molecule has 5 heteroatoms. The first kappa shape index (κ1) is 12.9. The molecule has 0 bridgehead atoms. The first-order chi connectivity index (χ1) is 7.59. The molecular weight excluding hydrogens is 206 g/mol. The fourth-order valence-electron chi connectivity index (χ4n) is 1.33. The molecule has 0 saturated heterocycles. The third kappa shape index (κ3) is 4.55. The molecule has 0 amide bonds. The third-order valence-corrected chi connectivity index (χ3v) is 2.10. The number of hydrogen-bond donors (Lipinski definition) is 2. The van der Waals surface area contributed by atoms with Crippen LogP contribution < -0.4 is 10.9 Å². The van der Waals surface area contributed by atoms with E-state index in [9.17, 15) is 9.90 Å². The van der Waals surface area contributed by atoms with Crippen LogP contribution in [0.2, 0.25) is 0 Å². The van der Waals surface area contributed by atoms with Crippen molar-refractivity contribution in [3.05, 3.63) is 28.7 Å². The fourth-order valence-corrected chi connectivity index (χ4v) is 1.33. The molecule has 5 nitrogen and oxygen atoms in total. The minimum Gasteiger partial charge on any atom is -0.390 e. The van der Waals surface area contributed by atoms with Crippen LogP contribution in [0.1, 0.15) is 13.8 Å². The van der Waals surface area contributed by atoms with Crippen LogP contribution in [0.5, 0.6) is 0 Å². The number of aliphatic hydroxyl groups is 1. The highest BCUT2D eigenvalue weighted by Gasteiger charge is 2.06. The van der Waals surface area contributed by atoms with Crippen LogP contribution >= 0.6 is 0 Å². The van der Waals surface area contributed by atoms with E-state index in [-0.39, 0.29) is 12.1 Å². The van der Waals surface area contributed by atoms with Crippen LogP contribution in [0.15, 0.2) is 23.1 Å². The average molecular weight is 225 g/mol. The van der Waals surface area contributed by atoms with E-state index in [1.807, 2.05) is 0 Å². The Balaban J connectivity index is 2.37. The van der Waals surface area contributed by atoms with Gasteiger partial charge in [0.05, 0.1) is 12.6 Å². The number of aliphatic hydroxyl groups excluding tert-OH is 1. The van der Waals surface area contributed by atoms with Crippen LogP contribution in [0.25, 0.3) is 0 Å². The summed E-state index contributed by atoms with van der Waals surface area (Å²) in [5.74, 6) is 0.546. The van der Waals surface area contributed by atoms with Crippen LogP contribution in [-0.2, 0) is 6.54 Å². The lowest BCUT2D eigenvalue weighted by atomic mass is 10.2. The molecule has 16 heavy (non-hydrogen) atoms. The Kier molecular flexibility index (Phi) is 5.14. The summed E-state index contributed by atoms with van der Waals surface area (Å²) in [4.78, 5) is 11.3. The highest BCUT2D eigenvalue weighted by atomic mass is 16.3. The van der Waals surface area contributed by atoms with Gasteiger partial charge in [-0.2, -0.15) is 5.10 Å². The summed E-state index contributed by atoms with van der Waals surface area (Å²) in [6, 6.07) is 3.02. The van der Waals surface area contributed by atoms with Crippen molar-refractivity contribution in [2.75, 3.05) is 13.1 Å². The van der Waals surface area contributed by atoms with Crippen LogP contribution in [0, 0.1) is 5.92 Å². The van der Waals surface area contributed by atoms with Gasteiger partial charge >= 0.3 is 0 Å². The smallest absolute Gasteiger partial charge is 0.266 e. The van der Waals surface area contributed by atoms with Gasteiger partial charge in [-0.1, -0.05) is 13.8 Å². The molecule has 2 N–H and O–H groups in total. The minimum atomic E-state index is -0.591. The second-order valence-corrected chi connectivity index (χ2v) is 4.25. The SMILES string of the molecule is CC(C)CNCC(O)Cn1ncccc1=O. The number of nitrogens with one attached hydrogen (secondary N) is 1. The van der Waals surface area contributed by atoms with E-state index in [0.717, 1.165) is 6.54 Å². The summed E-state index contributed by atoms with van der Waals surface area (Å²) in [6.07, 6.45) is 0.946. The van der Waals surface area contributed by atoms with Crippen LogP contribution in [0.4, 0.5) is 0 Å². The minimum absolute atomic E-state index is 0.189. The molecule has 0 radical (unpaired) electrons. The molecular formula is C11H19N3O2. The number of hydrogen-bond acceptors (Lipinski definition) is 4. The Hall–Kier alpha value is -1.20. The average Bonchev–Trinajstić information content (AvgIpc) is 2.21. The molecule has 0 aliphatic heterocycles. The second kappa shape index (κ2) is 6.40. The van der Waals surface area contributed by atoms with E-state index in [4.69, 9.17) is 0 Å². The summed E-state index contributed by atoms with van der Waals surface area (Å²) in [5, 5.41) is 16.7. The number of rotatable bonds is 6. The summed E-state index contributed by atoms with van der Waals surface area (Å²) >= 11 is 0. The lowest BCUT2D eigenvalue weighted by molar-refractivity contribution is 0.144. The predicted molar refractivity (Wildman–Crippen MR) is 62.2 cm³/mol. The van der Waals surface area contributed by atoms with Gasteiger partial charge in [-0.15, -0.1) is 0 Å². The highest BCUT2D eigenvalue weighted by molar-refractivity contribution is 4.85. The van der Waals surface area contributed by atoms with E-state index in [1.54, 1.807) is 6.07 Å². The lowest BCUT2D eigenvalue weighted by Crippen LogP contribution is -2.35. The van der Waals surface area contributed by atoms with Gasteiger partial charge in [0.1, 0.15) is 0 Å². The lowest BCUT2D eigenvalue weighted by Gasteiger charge is -2.13. The van der Waals surface area contributed by atoms with Gasteiger partial charge in [0.25, 0.3) is 5.56 Å². The van der Waals surface area contributed by atoms with Gasteiger partial charge in [-0.05, 0) is 18.5 Å². The molecule has 1 aromatic heterocycles. The van der Waals surface area contributed by atoms with Crippen molar-refractivity contribution in [3.63, 3.8) is 0 Å². The first-order valence-electron chi connectivity index (χ1n) is 5.50. The van der Waals surface area contributed by atoms with Crippen molar-refractivity contribution in [2.24, 2.45) is 5.92 Å². The van der Waals surface area contributed by atoms with Crippen molar-refractivity contribution in [3.8, 4) is 0 Å². The quantitative estimate of drug-likeness (QED) is 0.706. The molecule has 0 aliphatic rings. The number of aromatic nitrogens is 2. The largest absolute Gasteiger partial charge is 0.390 e. The van der Waals surface area contributed by atoms with Gasteiger partial charge in [0.2, 0.25) is 0 Å². The summed E-state index contributed by atoms with van der Waals surface area (Å²) < 4.78 is 1.27. The molecule has 1 unspecified atom stereocenters. The number of nitrogens with zero attached hydrogens (tertiary/aromatic N) is 2. The molecule has 0 fully saturated rings. The van der Waals surface area contributed by atoms with E-state index in [1.165, 1.54) is 16.9 Å². The zero-order valence-electron chi connectivity index (χ0n) is 9.76. The Morgan fingerprint density at radius 1 is 1.50 bits per heavy atom. The summed E-state index contributed by atoms with van der Waals surface area (Å²) in [5.41, 5.74) is -0.189.